The molecule has 10 heteroatoms. The lowest BCUT2D eigenvalue weighted by atomic mass is 10.1. The van der Waals surface area contributed by atoms with Crippen molar-refractivity contribution in [2.24, 2.45) is 0 Å². The Labute approximate surface area is 214 Å². The molecule has 0 unspecified atom stereocenters. The Hall–Kier alpha value is -3.66. The number of aromatic nitrogens is 1. The number of halogens is 1. The first kappa shape index (κ1) is 24.5. The number of carboxylic acids is 1. The molecule has 176 valence electrons. The largest absolute Gasteiger partial charge is 0.478 e. The van der Waals surface area contributed by atoms with E-state index in [9.17, 15) is 19.5 Å². The van der Waals surface area contributed by atoms with Crippen LogP contribution in [0.15, 0.2) is 83.1 Å². The molecule has 2 amide bonds. The number of anilines is 2. The minimum absolute atomic E-state index is 0.0684. The highest BCUT2D eigenvalue weighted by atomic mass is 35.5. The predicted molar refractivity (Wildman–Crippen MR) is 140 cm³/mol. The maximum absolute atomic E-state index is 12.6. The Morgan fingerprint density at radius 3 is 2.43 bits per heavy atom. The van der Waals surface area contributed by atoms with Gasteiger partial charge in [-0.3, -0.25) is 9.59 Å². The number of carbonyl (C=O) groups is 3. The zero-order valence-corrected chi connectivity index (χ0v) is 20.4. The van der Waals surface area contributed by atoms with Crippen LogP contribution >= 0.6 is 34.7 Å². The highest BCUT2D eigenvalue weighted by Crippen LogP contribution is 2.27. The summed E-state index contributed by atoms with van der Waals surface area (Å²) in [6.07, 6.45) is 0. The second-order valence-corrected chi connectivity index (χ2v) is 9.56. The normalized spacial score (nSPS) is 10.5. The molecule has 3 N–H and O–H groups in total. The lowest BCUT2D eigenvalue weighted by molar-refractivity contribution is -0.113. The number of carbonyl (C=O) groups excluding carboxylic acids is 2. The van der Waals surface area contributed by atoms with Crippen LogP contribution in [0.25, 0.3) is 11.3 Å². The number of nitrogens with one attached hydrogen (secondary N) is 2. The van der Waals surface area contributed by atoms with Crippen molar-refractivity contribution in [3.8, 4) is 11.3 Å². The molecule has 0 atom stereocenters. The van der Waals surface area contributed by atoms with Crippen molar-refractivity contribution in [3.63, 3.8) is 0 Å². The van der Waals surface area contributed by atoms with Gasteiger partial charge in [0.1, 0.15) is 0 Å². The zero-order chi connectivity index (χ0) is 24.8. The number of thiazole rings is 1. The second kappa shape index (κ2) is 11.2. The standard InChI is InChI=1S/C25H18ClN3O4S2/c26-16-10-8-15(9-11-16)21-13-35-25(28-21)29-22(30)14-34-18-5-3-4-17(12-18)27-23(31)19-6-1-2-7-20(19)24(32)33/h1-13H,14H2,(H,27,31)(H,32,33)(H,28,29,30). The van der Waals surface area contributed by atoms with Crippen molar-refractivity contribution >= 4 is 63.3 Å². The van der Waals surface area contributed by atoms with E-state index in [1.54, 1.807) is 42.5 Å². The molecule has 0 radical (unpaired) electrons. The van der Waals surface area contributed by atoms with Crippen LogP contribution in [-0.2, 0) is 4.79 Å². The lowest BCUT2D eigenvalue weighted by Gasteiger charge is -2.09. The van der Waals surface area contributed by atoms with Crippen LogP contribution in [0.2, 0.25) is 5.02 Å². The second-order valence-electron chi connectivity index (χ2n) is 7.21. The van der Waals surface area contributed by atoms with Gasteiger partial charge >= 0.3 is 5.97 Å². The first-order chi connectivity index (χ1) is 16.9. The summed E-state index contributed by atoms with van der Waals surface area (Å²) in [7, 11) is 0. The Kier molecular flexibility index (Phi) is 7.81. The number of hydrogen-bond acceptors (Lipinski definition) is 6. The van der Waals surface area contributed by atoms with E-state index in [1.807, 2.05) is 23.6 Å². The highest BCUT2D eigenvalue weighted by molar-refractivity contribution is 8.00. The quantitative estimate of drug-likeness (QED) is 0.239. The van der Waals surface area contributed by atoms with Crippen LogP contribution in [0.1, 0.15) is 20.7 Å². The number of benzene rings is 3. The van der Waals surface area contributed by atoms with Crippen LogP contribution in [0.4, 0.5) is 10.8 Å². The fourth-order valence-corrected chi connectivity index (χ4v) is 4.74. The number of nitrogens with zero attached hydrogens (tertiary/aromatic N) is 1. The Bertz CT molecular complexity index is 1390. The van der Waals surface area contributed by atoms with Gasteiger partial charge in [-0.15, -0.1) is 23.1 Å². The third-order valence-corrected chi connectivity index (χ3v) is 6.76. The van der Waals surface area contributed by atoms with Crippen molar-refractivity contribution in [2.45, 2.75) is 4.90 Å². The van der Waals surface area contributed by atoms with Gasteiger partial charge < -0.3 is 15.7 Å². The number of thioether (sulfide) groups is 1. The van der Waals surface area contributed by atoms with Gasteiger partial charge in [0.05, 0.1) is 22.6 Å². The monoisotopic (exact) mass is 523 g/mol. The Morgan fingerprint density at radius 1 is 0.943 bits per heavy atom. The fraction of sp³-hybridized carbons (Fsp3) is 0.0400. The Morgan fingerprint density at radius 2 is 1.69 bits per heavy atom. The summed E-state index contributed by atoms with van der Waals surface area (Å²) in [5, 5.41) is 17.8. The molecule has 4 aromatic rings. The van der Waals surface area contributed by atoms with Gasteiger partial charge in [-0.05, 0) is 42.5 Å². The molecule has 4 rings (SSSR count). The van der Waals surface area contributed by atoms with Crippen LogP contribution in [0.3, 0.4) is 0 Å². The lowest BCUT2D eigenvalue weighted by Crippen LogP contribution is -2.16. The van der Waals surface area contributed by atoms with Crippen molar-refractivity contribution in [1.82, 2.24) is 4.98 Å². The van der Waals surface area contributed by atoms with Gasteiger partial charge in [0.25, 0.3) is 5.91 Å². The molecule has 0 fully saturated rings. The smallest absolute Gasteiger partial charge is 0.336 e. The van der Waals surface area contributed by atoms with E-state index in [-0.39, 0.29) is 22.8 Å². The van der Waals surface area contributed by atoms with Crippen LogP contribution in [0.5, 0.6) is 0 Å². The summed E-state index contributed by atoms with van der Waals surface area (Å²) in [4.78, 5) is 41.6. The molecular formula is C25H18ClN3O4S2. The summed E-state index contributed by atoms with van der Waals surface area (Å²) in [6.45, 7) is 0. The summed E-state index contributed by atoms with van der Waals surface area (Å²) < 4.78 is 0. The maximum atomic E-state index is 12.6. The van der Waals surface area contributed by atoms with Crippen molar-refractivity contribution in [3.05, 3.63) is 94.3 Å². The molecule has 1 aromatic heterocycles. The highest BCUT2D eigenvalue weighted by Gasteiger charge is 2.16. The number of rotatable bonds is 8. The average molecular weight is 524 g/mol. The van der Waals surface area contributed by atoms with Crippen molar-refractivity contribution < 1.29 is 19.5 Å². The third-order valence-electron chi connectivity index (χ3n) is 4.75. The minimum Gasteiger partial charge on any atom is -0.478 e. The number of hydrogen-bond donors (Lipinski definition) is 3. The molecule has 35 heavy (non-hydrogen) atoms. The molecule has 0 saturated heterocycles. The average Bonchev–Trinajstić information content (AvgIpc) is 3.31. The fourth-order valence-electron chi connectivity index (χ4n) is 3.12. The van der Waals surface area contributed by atoms with E-state index in [1.165, 1.54) is 35.2 Å². The first-order valence-corrected chi connectivity index (χ1v) is 12.5. The summed E-state index contributed by atoms with van der Waals surface area (Å²) in [5.74, 6) is -1.76. The molecule has 0 bridgehead atoms. The zero-order valence-electron chi connectivity index (χ0n) is 18.0. The van der Waals surface area contributed by atoms with Gasteiger partial charge in [0.15, 0.2) is 5.13 Å². The molecule has 0 aliphatic carbocycles. The molecule has 7 nitrogen and oxygen atoms in total. The van der Waals surface area contributed by atoms with E-state index < -0.39 is 11.9 Å². The molecule has 0 saturated carbocycles. The predicted octanol–water partition coefficient (Wildman–Crippen LogP) is 6.14. The summed E-state index contributed by atoms with van der Waals surface area (Å²) in [6, 6.07) is 20.3. The summed E-state index contributed by atoms with van der Waals surface area (Å²) in [5.41, 5.74) is 2.15. The maximum Gasteiger partial charge on any atom is 0.336 e. The minimum atomic E-state index is -1.17. The van der Waals surface area contributed by atoms with Gasteiger partial charge in [0, 0.05) is 26.5 Å². The van der Waals surface area contributed by atoms with Gasteiger partial charge in [-0.2, -0.15) is 0 Å². The number of amides is 2. The first-order valence-electron chi connectivity index (χ1n) is 10.3. The molecule has 0 aliphatic rings. The van der Waals surface area contributed by atoms with Crippen LogP contribution in [-0.4, -0.2) is 33.6 Å². The SMILES string of the molecule is O=C(CSc1cccc(NC(=O)c2ccccc2C(=O)O)c1)Nc1nc(-c2ccc(Cl)cc2)cs1. The molecule has 0 spiro atoms. The summed E-state index contributed by atoms with van der Waals surface area (Å²) >= 11 is 8.56. The van der Waals surface area contributed by atoms with E-state index in [4.69, 9.17) is 11.6 Å². The van der Waals surface area contributed by atoms with Crippen molar-refractivity contribution in [1.29, 1.82) is 0 Å². The Balaban J connectivity index is 1.34. The van der Waals surface area contributed by atoms with E-state index in [0.29, 0.717) is 15.8 Å². The molecular weight excluding hydrogens is 506 g/mol. The van der Waals surface area contributed by atoms with Crippen LogP contribution in [0, 0.1) is 0 Å². The topological polar surface area (TPSA) is 108 Å². The number of aromatic carboxylic acids is 1. The van der Waals surface area contributed by atoms with E-state index >= 15 is 0 Å². The van der Waals surface area contributed by atoms with Crippen LogP contribution < -0.4 is 10.6 Å². The van der Waals surface area contributed by atoms with E-state index in [0.717, 1.165) is 16.2 Å². The molecule has 1 heterocycles. The number of carboxylic acid groups (broad SMARTS) is 1. The molecule has 3 aromatic carbocycles. The van der Waals surface area contributed by atoms with Gasteiger partial charge in [-0.25, -0.2) is 9.78 Å². The van der Waals surface area contributed by atoms with Crippen molar-refractivity contribution in [2.75, 3.05) is 16.4 Å². The van der Waals surface area contributed by atoms with Gasteiger partial charge in [0.2, 0.25) is 5.91 Å². The van der Waals surface area contributed by atoms with Gasteiger partial charge in [-0.1, -0.05) is 41.9 Å². The van der Waals surface area contributed by atoms with E-state index in [2.05, 4.69) is 15.6 Å². The molecule has 0 aliphatic heterocycles. The third kappa shape index (κ3) is 6.48.